The van der Waals surface area contributed by atoms with Crippen molar-refractivity contribution in [3.8, 4) is 100 Å². The molecule has 0 aliphatic carbocycles. The Labute approximate surface area is 577 Å². The number of benzene rings is 16. The molecule has 16 aromatic carbocycles. The Balaban J connectivity index is 0.754. The summed E-state index contributed by atoms with van der Waals surface area (Å²) in [4.78, 5) is 21.2. The van der Waals surface area contributed by atoms with E-state index in [9.17, 15) is 0 Å². The average molecular weight is 1270 g/mol. The van der Waals surface area contributed by atoms with Gasteiger partial charge in [-0.25, -0.2) is 9.97 Å². The predicted molar refractivity (Wildman–Crippen MR) is 422 cm³/mol. The molecule has 0 bridgehead atoms. The van der Waals surface area contributed by atoms with E-state index < -0.39 is 0 Å². The van der Waals surface area contributed by atoms with Gasteiger partial charge in [0.2, 0.25) is 0 Å². The zero-order valence-electron chi connectivity index (χ0n) is 54.3. The molecular weight excluding hydrogens is 1210 g/mol. The second-order valence-electron chi connectivity index (χ2n) is 26.4. The second-order valence-corrected chi connectivity index (χ2v) is 26.4. The molecule has 0 unspecified atom stereocenters. The van der Waals surface area contributed by atoms with Crippen LogP contribution in [0.15, 0.2) is 352 Å². The monoisotopic (exact) mass is 1270 g/mol. The predicted octanol–water partition coefficient (Wildman–Crippen LogP) is 25.8. The van der Waals surface area contributed by atoms with Crippen molar-refractivity contribution in [1.82, 2.24) is 19.9 Å². The Morgan fingerprint density at radius 2 is 0.490 bits per heavy atom. The van der Waals surface area contributed by atoms with Gasteiger partial charge in [-0.2, -0.15) is 0 Å². The van der Waals surface area contributed by atoms with Gasteiger partial charge < -0.3 is 0 Å². The van der Waals surface area contributed by atoms with Crippen molar-refractivity contribution in [2.45, 2.75) is 0 Å². The van der Waals surface area contributed by atoms with E-state index in [2.05, 4.69) is 334 Å². The number of aromatic nitrogens is 4. The fourth-order valence-corrected chi connectivity index (χ4v) is 15.7. The summed E-state index contributed by atoms with van der Waals surface area (Å²) >= 11 is 0. The van der Waals surface area contributed by atoms with Crippen LogP contribution < -0.4 is 0 Å². The van der Waals surface area contributed by atoms with Crippen molar-refractivity contribution in [3.63, 3.8) is 0 Å². The van der Waals surface area contributed by atoms with Gasteiger partial charge in [0.25, 0.3) is 0 Å². The first-order valence-corrected chi connectivity index (χ1v) is 34.2. The largest absolute Gasteiger partial charge is 0.254 e. The summed E-state index contributed by atoms with van der Waals surface area (Å²) in [7, 11) is 0. The van der Waals surface area contributed by atoms with Gasteiger partial charge in [-0.1, -0.05) is 285 Å². The zero-order chi connectivity index (χ0) is 65.8. The van der Waals surface area contributed by atoms with Crippen LogP contribution in [0.2, 0.25) is 0 Å². The fourth-order valence-electron chi connectivity index (χ4n) is 15.7. The maximum absolute atomic E-state index is 5.59. The highest BCUT2D eigenvalue weighted by molar-refractivity contribution is 6.25. The normalized spacial score (nSPS) is 11.8. The highest BCUT2D eigenvalue weighted by Gasteiger charge is 2.23. The molecule has 0 saturated carbocycles. The lowest BCUT2D eigenvalue weighted by Crippen LogP contribution is -1.94. The van der Waals surface area contributed by atoms with Gasteiger partial charge in [-0.05, 0) is 192 Å². The van der Waals surface area contributed by atoms with Gasteiger partial charge in [-0.3, -0.25) is 9.97 Å². The number of fused-ring (bicyclic) bond motifs is 12. The van der Waals surface area contributed by atoms with E-state index >= 15 is 0 Å². The third kappa shape index (κ3) is 9.60. The Morgan fingerprint density at radius 1 is 0.160 bits per heavy atom. The van der Waals surface area contributed by atoms with Gasteiger partial charge in [-0.15, -0.1) is 0 Å². The fraction of sp³-hybridized carbons (Fsp3) is 0. The van der Waals surface area contributed by atoms with Crippen molar-refractivity contribution < 1.29 is 0 Å². The number of hydrogen-bond acceptors (Lipinski definition) is 4. The molecule has 20 rings (SSSR count). The van der Waals surface area contributed by atoms with Gasteiger partial charge in [0, 0.05) is 50.6 Å². The second kappa shape index (κ2) is 23.2. The number of hydrogen-bond donors (Lipinski definition) is 0. The molecule has 20 aromatic rings. The molecule has 0 aliphatic rings. The summed E-state index contributed by atoms with van der Waals surface area (Å²) in [6.07, 6.45) is 3.90. The Hall–Kier alpha value is -13.3. The van der Waals surface area contributed by atoms with Crippen molar-refractivity contribution in [1.29, 1.82) is 0 Å². The molecule has 0 radical (unpaired) electrons. The summed E-state index contributed by atoms with van der Waals surface area (Å²) in [5.74, 6) is 0. The zero-order valence-corrected chi connectivity index (χ0v) is 54.3. The molecule has 0 atom stereocenters. The minimum absolute atomic E-state index is 0.860. The van der Waals surface area contributed by atoms with E-state index in [1.54, 1.807) is 0 Å². The third-order valence-corrected chi connectivity index (χ3v) is 20.6. The maximum Gasteiger partial charge on any atom is 0.0972 e. The van der Waals surface area contributed by atoms with E-state index in [0.717, 1.165) is 121 Å². The van der Waals surface area contributed by atoms with E-state index in [0.29, 0.717) is 0 Å². The van der Waals surface area contributed by atoms with Crippen LogP contribution in [0.5, 0.6) is 0 Å². The van der Waals surface area contributed by atoms with Crippen molar-refractivity contribution in [3.05, 3.63) is 352 Å². The number of pyridine rings is 4. The highest BCUT2D eigenvalue weighted by Crippen LogP contribution is 2.49. The minimum atomic E-state index is 0.860. The van der Waals surface area contributed by atoms with Gasteiger partial charge in [0.15, 0.2) is 0 Å². The van der Waals surface area contributed by atoms with E-state index in [-0.39, 0.29) is 0 Å². The Kier molecular flexibility index (Phi) is 13.2. The van der Waals surface area contributed by atoms with Crippen LogP contribution in [0.1, 0.15) is 0 Å². The molecule has 0 fully saturated rings. The molecule has 0 spiro atoms. The molecule has 4 aromatic heterocycles. The highest BCUT2D eigenvalue weighted by atomic mass is 14.8. The van der Waals surface area contributed by atoms with Crippen LogP contribution in [-0.2, 0) is 0 Å². The summed E-state index contributed by atoms with van der Waals surface area (Å²) in [6, 6.07) is 124. The minimum Gasteiger partial charge on any atom is -0.254 e. The van der Waals surface area contributed by atoms with Gasteiger partial charge in [0.05, 0.1) is 33.5 Å². The number of rotatable bonds is 9. The smallest absolute Gasteiger partial charge is 0.0972 e. The van der Waals surface area contributed by atoms with Crippen LogP contribution in [0.4, 0.5) is 0 Å². The summed E-state index contributed by atoms with van der Waals surface area (Å²) in [5, 5.41) is 18.5. The third-order valence-electron chi connectivity index (χ3n) is 20.6. The van der Waals surface area contributed by atoms with Crippen LogP contribution in [0.3, 0.4) is 0 Å². The molecule has 0 N–H and O–H groups in total. The molecule has 462 valence electrons. The van der Waals surface area contributed by atoms with Crippen LogP contribution in [0, 0.1) is 0 Å². The molecule has 4 heteroatoms. The molecule has 4 heterocycles. The maximum atomic E-state index is 5.59. The van der Waals surface area contributed by atoms with Crippen molar-refractivity contribution in [2.75, 3.05) is 0 Å². The first-order valence-electron chi connectivity index (χ1n) is 34.2. The van der Waals surface area contributed by atoms with Crippen molar-refractivity contribution >= 4 is 108 Å². The molecule has 0 saturated heterocycles. The van der Waals surface area contributed by atoms with E-state index in [4.69, 9.17) is 19.9 Å². The molecular formula is C96H58N4. The SMILES string of the molecule is c1ccc(-c2ccc(-c3c4ccc(-c5ccc6ccc7cccnc7c6n5)cc4c(-c4ccc(-c5ccccc5)cc4)c4ccc(-c5cnc6c(ccc7ccc(-c8ccc9c(-c%10ccc%11ccccc%11c%10)c%10ccccc%10c(-c%10ccc%11ccccc%11c%10)c9c8)nc76)c5)cc34)cc2)cc1. The topological polar surface area (TPSA) is 51.6 Å². The van der Waals surface area contributed by atoms with Gasteiger partial charge in [0.1, 0.15) is 0 Å². The first kappa shape index (κ1) is 57.0. The van der Waals surface area contributed by atoms with E-state index in [1.807, 2.05) is 18.5 Å². The lowest BCUT2D eigenvalue weighted by Gasteiger charge is -2.20. The summed E-state index contributed by atoms with van der Waals surface area (Å²) in [6.45, 7) is 0. The van der Waals surface area contributed by atoms with E-state index in [1.165, 1.54) is 87.6 Å². The number of nitrogens with zero attached hydrogens (tertiary/aromatic N) is 4. The molecule has 100 heavy (non-hydrogen) atoms. The summed E-state index contributed by atoms with van der Waals surface area (Å²) in [5.41, 5.74) is 23.6. The van der Waals surface area contributed by atoms with Crippen LogP contribution in [0.25, 0.3) is 209 Å². The van der Waals surface area contributed by atoms with Crippen LogP contribution in [-0.4, -0.2) is 19.9 Å². The lowest BCUT2D eigenvalue weighted by atomic mass is 9.83. The average Bonchev–Trinajstić information content (AvgIpc) is 0.730. The quantitative estimate of drug-likeness (QED) is 0.107. The summed E-state index contributed by atoms with van der Waals surface area (Å²) < 4.78 is 0. The standard InChI is InChI=1S/C96H58N4/c1-3-14-59(15-4-1)63-25-31-65(32-26-63)89-82-47-42-73(87-49-44-68-36-35-67-22-13-51-97-93(67)95(68)99-87)56-85(82)90(66-33-27-64(28-34-66)60-16-5-2-6-17-60)81-46-41-72(55-84(81)89)78-54-77-40-37-69-45-50-88(100-96(69)94(77)98-58-78)74-43-48-83-86(57-74)92(76-39-30-62-19-8-10-21-71(62)53-76)80-24-12-11-23-79(80)91(83)75-38-29-61-18-7-9-20-70(61)52-75/h1-58H. The molecule has 0 amide bonds. The van der Waals surface area contributed by atoms with Crippen molar-refractivity contribution in [2.24, 2.45) is 0 Å². The molecule has 0 aliphatic heterocycles. The lowest BCUT2D eigenvalue weighted by molar-refractivity contribution is 1.37. The Morgan fingerprint density at radius 3 is 1.01 bits per heavy atom. The Bertz CT molecular complexity index is 6740. The van der Waals surface area contributed by atoms with Gasteiger partial charge >= 0.3 is 0 Å². The molecule has 4 nitrogen and oxygen atoms in total. The first-order chi connectivity index (χ1) is 49.5. The van der Waals surface area contributed by atoms with Crippen LogP contribution >= 0.6 is 0 Å².